The molecule has 4 nitrogen and oxygen atoms in total. The van der Waals surface area contributed by atoms with Crippen LogP contribution in [0.2, 0.25) is 5.02 Å². The van der Waals surface area contributed by atoms with Crippen molar-refractivity contribution in [3.63, 3.8) is 0 Å². The molecule has 25 heavy (non-hydrogen) atoms. The maximum atomic E-state index is 12.5. The normalized spacial score (nSPS) is 17.2. The highest BCUT2D eigenvalue weighted by Gasteiger charge is 2.18. The number of aromatic amines is 1. The van der Waals surface area contributed by atoms with Crippen molar-refractivity contribution < 1.29 is 4.79 Å². The molecule has 1 fully saturated rings. The molecular weight excluding hydrogens is 334 g/mol. The minimum absolute atomic E-state index is 0.158. The van der Waals surface area contributed by atoms with Crippen LogP contribution >= 0.6 is 11.6 Å². The molecule has 1 saturated heterocycles. The van der Waals surface area contributed by atoms with Gasteiger partial charge in [-0.2, -0.15) is 0 Å². The number of carbonyl (C=O) groups is 1. The van der Waals surface area contributed by atoms with Gasteiger partial charge in [0.05, 0.1) is 0 Å². The Morgan fingerprint density at radius 1 is 1.20 bits per heavy atom. The maximum absolute atomic E-state index is 12.5. The number of nitrogens with zero attached hydrogens (tertiary/aromatic N) is 1. The number of hydrogen-bond donors (Lipinski definition) is 2. The predicted molar refractivity (Wildman–Crippen MR) is 104 cm³/mol. The van der Waals surface area contributed by atoms with Crippen molar-refractivity contribution in [1.29, 1.82) is 0 Å². The minimum atomic E-state index is -0.158. The second-order valence-corrected chi connectivity index (χ2v) is 7.19. The smallest absolute Gasteiger partial charge is 0.272 e. The zero-order chi connectivity index (χ0) is 17.4. The largest absolute Gasteiger partial charge is 0.371 e. The second kappa shape index (κ2) is 6.45. The zero-order valence-electron chi connectivity index (χ0n) is 14.1. The van der Waals surface area contributed by atoms with E-state index in [1.807, 2.05) is 36.4 Å². The van der Waals surface area contributed by atoms with Gasteiger partial charge in [-0.15, -0.1) is 0 Å². The van der Waals surface area contributed by atoms with E-state index in [1.54, 1.807) is 0 Å². The van der Waals surface area contributed by atoms with Gasteiger partial charge in [-0.05, 0) is 54.8 Å². The van der Waals surface area contributed by atoms with Gasteiger partial charge in [0, 0.05) is 40.4 Å². The van der Waals surface area contributed by atoms with E-state index in [-0.39, 0.29) is 5.91 Å². The monoisotopic (exact) mass is 353 g/mol. The molecule has 2 N–H and O–H groups in total. The SMILES string of the molecule is CC1CCN(c2ccc(NC(=O)c3cc4ccc(Cl)cc4[nH]3)cc2)C1. The number of benzene rings is 2. The Morgan fingerprint density at radius 3 is 2.72 bits per heavy atom. The molecule has 3 aromatic rings. The lowest BCUT2D eigenvalue weighted by Crippen LogP contribution is -2.19. The van der Waals surface area contributed by atoms with Gasteiger partial charge in [0.25, 0.3) is 5.91 Å². The quantitative estimate of drug-likeness (QED) is 0.702. The Balaban J connectivity index is 1.48. The van der Waals surface area contributed by atoms with Gasteiger partial charge in [-0.3, -0.25) is 4.79 Å². The summed E-state index contributed by atoms with van der Waals surface area (Å²) in [6, 6.07) is 15.4. The number of aromatic nitrogens is 1. The van der Waals surface area contributed by atoms with Crippen molar-refractivity contribution in [2.75, 3.05) is 23.3 Å². The van der Waals surface area contributed by atoms with Crippen molar-refractivity contribution in [2.24, 2.45) is 5.92 Å². The highest BCUT2D eigenvalue weighted by molar-refractivity contribution is 6.31. The highest BCUT2D eigenvalue weighted by atomic mass is 35.5. The van der Waals surface area contributed by atoms with Crippen LogP contribution < -0.4 is 10.2 Å². The molecule has 1 amide bonds. The molecule has 128 valence electrons. The Hall–Kier alpha value is -2.46. The van der Waals surface area contributed by atoms with Gasteiger partial charge in [0.15, 0.2) is 0 Å². The maximum Gasteiger partial charge on any atom is 0.272 e. The van der Waals surface area contributed by atoms with Crippen LogP contribution in [0.25, 0.3) is 10.9 Å². The third kappa shape index (κ3) is 3.35. The third-order valence-corrected chi connectivity index (χ3v) is 4.98. The van der Waals surface area contributed by atoms with E-state index in [0.29, 0.717) is 10.7 Å². The molecule has 2 aromatic carbocycles. The number of hydrogen-bond acceptors (Lipinski definition) is 2. The van der Waals surface area contributed by atoms with E-state index in [2.05, 4.69) is 34.3 Å². The Bertz CT molecular complexity index is 916. The molecule has 1 aliphatic heterocycles. The van der Waals surface area contributed by atoms with Crippen LogP contribution in [-0.4, -0.2) is 24.0 Å². The van der Waals surface area contributed by atoms with Gasteiger partial charge in [-0.25, -0.2) is 0 Å². The van der Waals surface area contributed by atoms with Crippen LogP contribution in [0.1, 0.15) is 23.8 Å². The molecule has 1 atom stereocenters. The summed E-state index contributed by atoms with van der Waals surface area (Å²) in [7, 11) is 0. The number of nitrogens with one attached hydrogen (secondary N) is 2. The number of rotatable bonds is 3. The Morgan fingerprint density at radius 2 is 2.00 bits per heavy atom. The molecule has 1 aromatic heterocycles. The van der Waals surface area contributed by atoms with E-state index >= 15 is 0 Å². The average molecular weight is 354 g/mol. The summed E-state index contributed by atoms with van der Waals surface area (Å²) in [6.45, 7) is 4.48. The topological polar surface area (TPSA) is 48.1 Å². The molecule has 0 bridgehead atoms. The minimum Gasteiger partial charge on any atom is -0.371 e. The fraction of sp³-hybridized carbons (Fsp3) is 0.250. The second-order valence-electron chi connectivity index (χ2n) is 6.76. The van der Waals surface area contributed by atoms with E-state index in [9.17, 15) is 4.79 Å². The lowest BCUT2D eigenvalue weighted by atomic mass is 10.2. The lowest BCUT2D eigenvalue weighted by Gasteiger charge is -2.18. The van der Waals surface area contributed by atoms with E-state index in [0.717, 1.165) is 35.6 Å². The van der Waals surface area contributed by atoms with E-state index in [1.165, 1.54) is 12.1 Å². The molecule has 0 saturated carbocycles. The van der Waals surface area contributed by atoms with E-state index in [4.69, 9.17) is 11.6 Å². The summed E-state index contributed by atoms with van der Waals surface area (Å²) in [6.07, 6.45) is 1.24. The average Bonchev–Trinajstić information content (AvgIpc) is 3.21. The van der Waals surface area contributed by atoms with Gasteiger partial charge in [0.1, 0.15) is 5.69 Å². The summed E-state index contributed by atoms with van der Waals surface area (Å²) < 4.78 is 0. The fourth-order valence-electron chi connectivity index (χ4n) is 3.35. The molecular formula is C20H20ClN3O. The van der Waals surface area contributed by atoms with Crippen LogP contribution in [0.4, 0.5) is 11.4 Å². The molecule has 0 spiro atoms. The van der Waals surface area contributed by atoms with Gasteiger partial charge >= 0.3 is 0 Å². The molecule has 0 aliphatic carbocycles. The third-order valence-electron chi connectivity index (χ3n) is 4.74. The molecule has 1 unspecified atom stereocenters. The number of carbonyl (C=O) groups excluding carboxylic acids is 1. The molecule has 0 radical (unpaired) electrons. The molecule has 2 heterocycles. The van der Waals surface area contributed by atoms with Crippen LogP contribution in [0.15, 0.2) is 48.5 Å². The summed E-state index contributed by atoms with van der Waals surface area (Å²) in [4.78, 5) is 18.0. The summed E-state index contributed by atoms with van der Waals surface area (Å²) in [5.74, 6) is 0.588. The van der Waals surface area contributed by atoms with Crippen LogP contribution in [0.5, 0.6) is 0 Å². The zero-order valence-corrected chi connectivity index (χ0v) is 14.8. The number of fused-ring (bicyclic) bond motifs is 1. The molecule has 5 heteroatoms. The van der Waals surface area contributed by atoms with Crippen LogP contribution in [0.3, 0.4) is 0 Å². The van der Waals surface area contributed by atoms with Crippen molar-refractivity contribution in [1.82, 2.24) is 4.98 Å². The fourth-order valence-corrected chi connectivity index (χ4v) is 3.52. The van der Waals surface area contributed by atoms with Crippen LogP contribution in [-0.2, 0) is 0 Å². The van der Waals surface area contributed by atoms with Crippen molar-refractivity contribution >= 4 is 39.8 Å². The van der Waals surface area contributed by atoms with E-state index < -0.39 is 0 Å². The first kappa shape index (κ1) is 16.0. The van der Waals surface area contributed by atoms with Gasteiger partial charge in [-0.1, -0.05) is 24.6 Å². The number of halogens is 1. The van der Waals surface area contributed by atoms with Crippen molar-refractivity contribution in [3.05, 3.63) is 59.2 Å². The summed E-state index contributed by atoms with van der Waals surface area (Å²) in [5.41, 5.74) is 3.38. The summed E-state index contributed by atoms with van der Waals surface area (Å²) in [5, 5.41) is 4.55. The predicted octanol–water partition coefficient (Wildman–Crippen LogP) is 4.92. The standard InChI is InChI=1S/C20H20ClN3O/c1-13-8-9-24(12-13)17-6-4-16(5-7-17)22-20(25)19-10-14-2-3-15(21)11-18(14)23-19/h2-7,10-11,13,23H,8-9,12H2,1H3,(H,22,25). The Kier molecular flexibility index (Phi) is 4.14. The number of amides is 1. The first-order valence-corrected chi connectivity index (χ1v) is 8.91. The van der Waals surface area contributed by atoms with Gasteiger partial charge in [0.2, 0.25) is 0 Å². The van der Waals surface area contributed by atoms with Crippen molar-refractivity contribution in [3.8, 4) is 0 Å². The number of H-pyrrole nitrogens is 1. The van der Waals surface area contributed by atoms with Crippen LogP contribution in [0, 0.1) is 5.92 Å². The van der Waals surface area contributed by atoms with Crippen molar-refractivity contribution in [2.45, 2.75) is 13.3 Å². The first-order valence-electron chi connectivity index (χ1n) is 8.53. The molecule has 1 aliphatic rings. The number of anilines is 2. The summed E-state index contributed by atoms with van der Waals surface area (Å²) >= 11 is 5.99. The lowest BCUT2D eigenvalue weighted by molar-refractivity contribution is 0.102. The van der Waals surface area contributed by atoms with Gasteiger partial charge < -0.3 is 15.2 Å². The Labute approximate surface area is 151 Å². The highest BCUT2D eigenvalue weighted by Crippen LogP contribution is 2.25. The molecule has 4 rings (SSSR count). The first-order chi connectivity index (χ1) is 12.1.